The van der Waals surface area contributed by atoms with E-state index in [0.717, 1.165) is 32.2 Å². The fraction of sp³-hybridized carbons (Fsp3) is 0.333. The number of nitrogens with one attached hydrogen (secondary N) is 3. The molecule has 0 radical (unpaired) electrons. The smallest absolute Gasteiger partial charge is 0.320 e. The Morgan fingerprint density at radius 3 is 2.61 bits per heavy atom. The van der Waals surface area contributed by atoms with Crippen molar-refractivity contribution in [3.63, 3.8) is 0 Å². The van der Waals surface area contributed by atoms with Gasteiger partial charge in [-0.05, 0) is 43.4 Å². The first-order valence-corrected chi connectivity index (χ1v) is 9.71. The zero-order valence-electron chi connectivity index (χ0n) is 16.1. The summed E-state index contributed by atoms with van der Waals surface area (Å²) in [6.45, 7) is 3.53. The first-order valence-electron chi connectivity index (χ1n) is 9.71. The molecule has 0 aliphatic rings. The zero-order valence-corrected chi connectivity index (χ0v) is 16.1. The van der Waals surface area contributed by atoms with Crippen molar-refractivity contribution in [2.45, 2.75) is 32.6 Å². The Hall–Kier alpha value is -3.22. The number of urea groups is 1. The van der Waals surface area contributed by atoms with Crippen molar-refractivity contribution in [1.29, 1.82) is 0 Å². The van der Waals surface area contributed by atoms with Crippen LogP contribution in [0.3, 0.4) is 0 Å². The second kappa shape index (κ2) is 10.2. The monoisotopic (exact) mass is 378 g/mol. The number of pyridine rings is 1. The molecule has 3 rings (SSSR count). The van der Waals surface area contributed by atoms with Gasteiger partial charge in [0.05, 0.1) is 6.20 Å². The molecule has 0 fully saturated rings. The highest BCUT2D eigenvalue weighted by atomic mass is 16.2. The molecule has 2 heterocycles. The maximum Gasteiger partial charge on any atom is 0.320 e. The molecule has 0 aliphatic heterocycles. The van der Waals surface area contributed by atoms with E-state index in [0.29, 0.717) is 29.3 Å². The molecule has 0 atom stereocenters. The number of fused-ring (bicyclic) bond motifs is 1. The molecule has 0 aliphatic carbocycles. The van der Waals surface area contributed by atoms with Crippen molar-refractivity contribution in [3.8, 4) is 0 Å². The van der Waals surface area contributed by atoms with Crippen LogP contribution in [0, 0.1) is 0 Å². The summed E-state index contributed by atoms with van der Waals surface area (Å²) in [5.41, 5.74) is 2.51. The standard InChI is InChI=1S/C21H26N6O/c1-2-13-22-19-15-24-17-11-12-18(25-20(17)26-19)27-21(28)23-14-7-6-10-16-8-4-3-5-9-16/h3-5,8-9,11-12,15H,2,6-7,10,13-14H2,1H3,(H3,22,23,25,26,27,28). The molecular weight excluding hydrogens is 352 g/mol. The molecule has 0 spiro atoms. The van der Waals surface area contributed by atoms with Gasteiger partial charge in [0.25, 0.3) is 0 Å². The van der Waals surface area contributed by atoms with Gasteiger partial charge in [0.15, 0.2) is 5.65 Å². The summed E-state index contributed by atoms with van der Waals surface area (Å²) >= 11 is 0. The van der Waals surface area contributed by atoms with Crippen LogP contribution in [0.25, 0.3) is 11.2 Å². The Morgan fingerprint density at radius 2 is 1.79 bits per heavy atom. The number of rotatable bonds is 9. The number of anilines is 2. The molecule has 28 heavy (non-hydrogen) atoms. The highest BCUT2D eigenvalue weighted by Crippen LogP contribution is 2.13. The number of carbonyl (C=O) groups excluding carboxylic acids is 1. The molecule has 3 N–H and O–H groups in total. The van der Waals surface area contributed by atoms with Crippen LogP contribution in [0.15, 0.2) is 48.7 Å². The van der Waals surface area contributed by atoms with Gasteiger partial charge in [-0.25, -0.2) is 19.7 Å². The topological polar surface area (TPSA) is 91.8 Å². The van der Waals surface area contributed by atoms with Gasteiger partial charge in [-0.15, -0.1) is 0 Å². The fourth-order valence-electron chi connectivity index (χ4n) is 2.77. The molecule has 2 amide bonds. The van der Waals surface area contributed by atoms with E-state index < -0.39 is 0 Å². The lowest BCUT2D eigenvalue weighted by Crippen LogP contribution is -2.29. The number of amides is 2. The number of hydrogen-bond acceptors (Lipinski definition) is 5. The van der Waals surface area contributed by atoms with Gasteiger partial charge in [-0.1, -0.05) is 37.3 Å². The lowest BCUT2D eigenvalue weighted by molar-refractivity contribution is 0.252. The first kappa shape index (κ1) is 19.5. The molecule has 0 saturated carbocycles. The molecule has 7 heteroatoms. The third kappa shape index (κ3) is 5.90. The normalized spacial score (nSPS) is 10.6. The van der Waals surface area contributed by atoms with E-state index in [4.69, 9.17) is 0 Å². The van der Waals surface area contributed by atoms with E-state index in [9.17, 15) is 4.79 Å². The number of hydrogen-bond donors (Lipinski definition) is 3. The maximum atomic E-state index is 12.1. The van der Waals surface area contributed by atoms with Crippen molar-refractivity contribution in [3.05, 3.63) is 54.2 Å². The minimum Gasteiger partial charge on any atom is -0.369 e. The van der Waals surface area contributed by atoms with E-state index in [1.165, 1.54) is 5.56 Å². The predicted octanol–water partition coefficient (Wildman–Crippen LogP) is 3.99. The van der Waals surface area contributed by atoms with Crippen LogP contribution in [0.5, 0.6) is 0 Å². The molecule has 1 aromatic carbocycles. The lowest BCUT2D eigenvalue weighted by Gasteiger charge is -2.08. The minimum absolute atomic E-state index is 0.264. The van der Waals surface area contributed by atoms with Crippen LogP contribution in [-0.2, 0) is 6.42 Å². The van der Waals surface area contributed by atoms with E-state index in [1.54, 1.807) is 18.3 Å². The third-order valence-corrected chi connectivity index (χ3v) is 4.23. The van der Waals surface area contributed by atoms with Crippen molar-refractivity contribution in [1.82, 2.24) is 20.3 Å². The number of aromatic nitrogens is 3. The summed E-state index contributed by atoms with van der Waals surface area (Å²) in [6.07, 6.45) is 5.66. The lowest BCUT2D eigenvalue weighted by atomic mass is 10.1. The van der Waals surface area contributed by atoms with E-state index in [-0.39, 0.29) is 6.03 Å². The highest BCUT2D eigenvalue weighted by molar-refractivity contribution is 5.89. The van der Waals surface area contributed by atoms with Crippen LogP contribution >= 0.6 is 0 Å². The third-order valence-electron chi connectivity index (χ3n) is 4.23. The SMILES string of the molecule is CCCNc1cnc2ccc(NC(=O)NCCCCc3ccccc3)nc2n1. The number of carbonyl (C=O) groups is 1. The molecule has 0 bridgehead atoms. The second-order valence-corrected chi connectivity index (χ2v) is 6.54. The maximum absolute atomic E-state index is 12.1. The zero-order chi connectivity index (χ0) is 19.6. The highest BCUT2D eigenvalue weighted by Gasteiger charge is 2.06. The Kier molecular flexibility index (Phi) is 7.12. The summed E-state index contributed by atoms with van der Waals surface area (Å²) in [7, 11) is 0. The summed E-state index contributed by atoms with van der Waals surface area (Å²) < 4.78 is 0. The van der Waals surface area contributed by atoms with Crippen molar-refractivity contribution >= 4 is 28.8 Å². The van der Waals surface area contributed by atoms with Gasteiger partial charge in [0.1, 0.15) is 17.2 Å². The number of benzene rings is 1. The molecule has 3 aromatic rings. The van der Waals surface area contributed by atoms with Crippen LogP contribution in [0.1, 0.15) is 31.7 Å². The number of aryl methyl sites for hydroxylation is 1. The van der Waals surface area contributed by atoms with Crippen molar-refractivity contribution in [2.24, 2.45) is 0 Å². The molecule has 0 saturated heterocycles. The van der Waals surface area contributed by atoms with Crippen molar-refractivity contribution < 1.29 is 4.79 Å². The minimum atomic E-state index is -0.264. The van der Waals surface area contributed by atoms with Gasteiger partial charge in [0, 0.05) is 13.1 Å². The summed E-state index contributed by atoms with van der Waals surface area (Å²) in [5.74, 6) is 1.14. The molecule has 7 nitrogen and oxygen atoms in total. The van der Waals surface area contributed by atoms with Crippen LogP contribution in [0.4, 0.5) is 16.4 Å². The Bertz CT molecular complexity index is 900. The van der Waals surface area contributed by atoms with Crippen LogP contribution in [-0.4, -0.2) is 34.1 Å². The average molecular weight is 378 g/mol. The summed E-state index contributed by atoms with van der Waals surface area (Å²) in [4.78, 5) is 25.2. The molecule has 146 valence electrons. The van der Waals surface area contributed by atoms with Gasteiger partial charge in [-0.3, -0.25) is 5.32 Å². The molecule has 0 unspecified atom stereocenters. The van der Waals surface area contributed by atoms with Gasteiger partial charge in [-0.2, -0.15) is 0 Å². The van der Waals surface area contributed by atoms with E-state index in [2.05, 4.69) is 50.0 Å². The first-order chi connectivity index (χ1) is 13.7. The number of nitrogens with zero attached hydrogens (tertiary/aromatic N) is 3. The predicted molar refractivity (Wildman–Crippen MR) is 113 cm³/mol. The summed E-state index contributed by atoms with van der Waals surface area (Å²) in [5, 5.41) is 8.81. The van der Waals surface area contributed by atoms with Gasteiger partial charge in [0.2, 0.25) is 0 Å². The molecule has 2 aromatic heterocycles. The van der Waals surface area contributed by atoms with Gasteiger partial charge >= 0.3 is 6.03 Å². The van der Waals surface area contributed by atoms with E-state index >= 15 is 0 Å². The fourth-order valence-corrected chi connectivity index (χ4v) is 2.77. The largest absolute Gasteiger partial charge is 0.369 e. The van der Waals surface area contributed by atoms with E-state index in [1.807, 2.05) is 18.2 Å². The van der Waals surface area contributed by atoms with Crippen molar-refractivity contribution in [2.75, 3.05) is 23.7 Å². The average Bonchev–Trinajstić information content (AvgIpc) is 2.72. The van der Waals surface area contributed by atoms with Crippen LogP contribution in [0.2, 0.25) is 0 Å². The second-order valence-electron chi connectivity index (χ2n) is 6.54. The number of unbranched alkanes of at least 4 members (excludes halogenated alkanes) is 1. The summed E-state index contributed by atoms with van der Waals surface area (Å²) in [6, 6.07) is 13.6. The molecular formula is C21H26N6O. The van der Waals surface area contributed by atoms with Crippen LogP contribution < -0.4 is 16.0 Å². The Morgan fingerprint density at radius 1 is 0.964 bits per heavy atom. The quantitative estimate of drug-likeness (QED) is 0.490. The van der Waals surface area contributed by atoms with Gasteiger partial charge < -0.3 is 10.6 Å². The Labute approximate surface area is 165 Å². The Balaban J connectivity index is 1.45.